The third-order valence-corrected chi connectivity index (χ3v) is 4.07. The van der Waals surface area contributed by atoms with Crippen LogP contribution in [0.4, 0.5) is 0 Å². The van der Waals surface area contributed by atoms with E-state index in [1.54, 1.807) is 14.0 Å². The molecular weight excluding hydrogens is 268 g/mol. The molecule has 0 fully saturated rings. The molecule has 0 aromatic carbocycles. The Morgan fingerprint density at radius 3 is 2.79 bits per heavy atom. The topological polar surface area (TPSA) is 89.0 Å². The SMILES string of the molecule is CCCNC(C)(CSc1n[nH]c(=O)n1C)C(=O)OC. The van der Waals surface area contributed by atoms with E-state index in [0.29, 0.717) is 17.5 Å². The third kappa shape index (κ3) is 3.84. The van der Waals surface area contributed by atoms with Crippen LogP contribution in [0.5, 0.6) is 0 Å². The molecule has 7 nitrogen and oxygen atoms in total. The number of nitrogens with one attached hydrogen (secondary N) is 2. The lowest BCUT2D eigenvalue weighted by Gasteiger charge is -2.27. The molecule has 0 spiro atoms. The molecular formula is C11H20N4O3S. The van der Waals surface area contributed by atoms with E-state index < -0.39 is 5.54 Å². The summed E-state index contributed by atoms with van der Waals surface area (Å²) in [4.78, 5) is 23.1. The standard InChI is InChI=1S/C11H20N4O3S/c1-5-6-12-11(2,8(16)18-4)7-19-10-14-13-9(17)15(10)3/h12H,5-7H2,1-4H3,(H,13,17). The second kappa shape index (κ2) is 6.76. The van der Waals surface area contributed by atoms with Gasteiger partial charge in [0.15, 0.2) is 5.16 Å². The van der Waals surface area contributed by atoms with Crippen molar-refractivity contribution in [3.05, 3.63) is 10.5 Å². The number of carbonyl (C=O) groups excluding carboxylic acids is 1. The van der Waals surface area contributed by atoms with Gasteiger partial charge >= 0.3 is 11.7 Å². The van der Waals surface area contributed by atoms with Crippen LogP contribution < -0.4 is 11.0 Å². The minimum absolute atomic E-state index is 0.274. The van der Waals surface area contributed by atoms with E-state index in [1.807, 2.05) is 6.92 Å². The van der Waals surface area contributed by atoms with E-state index in [0.717, 1.165) is 6.42 Å². The number of carbonyl (C=O) groups is 1. The summed E-state index contributed by atoms with van der Waals surface area (Å²) in [5, 5.41) is 9.96. The molecule has 2 N–H and O–H groups in total. The number of rotatable bonds is 7. The van der Waals surface area contributed by atoms with Gasteiger partial charge in [0.05, 0.1) is 7.11 Å². The number of nitrogens with zero attached hydrogens (tertiary/aromatic N) is 2. The van der Waals surface area contributed by atoms with Gasteiger partial charge in [-0.3, -0.25) is 9.36 Å². The average Bonchev–Trinajstić information content (AvgIpc) is 2.73. The molecule has 1 aromatic rings. The first-order valence-corrected chi connectivity index (χ1v) is 7.00. The van der Waals surface area contributed by atoms with Gasteiger partial charge in [-0.1, -0.05) is 18.7 Å². The van der Waals surface area contributed by atoms with E-state index in [2.05, 4.69) is 15.5 Å². The fraction of sp³-hybridized carbons (Fsp3) is 0.727. The van der Waals surface area contributed by atoms with E-state index in [1.165, 1.54) is 23.4 Å². The maximum absolute atomic E-state index is 11.9. The van der Waals surface area contributed by atoms with Crippen LogP contribution in [0.25, 0.3) is 0 Å². The summed E-state index contributed by atoms with van der Waals surface area (Å²) in [6, 6.07) is 0. The second-order valence-corrected chi connectivity index (χ2v) is 5.35. The van der Waals surface area contributed by atoms with Crippen LogP contribution in [0.2, 0.25) is 0 Å². The van der Waals surface area contributed by atoms with Gasteiger partial charge in [0.2, 0.25) is 0 Å². The third-order valence-electron chi connectivity index (χ3n) is 2.73. The molecule has 1 aromatic heterocycles. The van der Waals surface area contributed by atoms with Gasteiger partial charge in [-0.05, 0) is 19.9 Å². The number of ether oxygens (including phenoxy) is 1. The molecule has 0 aliphatic carbocycles. The first-order chi connectivity index (χ1) is 8.94. The van der Waals surface area contributed by atoms with Crippen molar-refractivity contribution >= 4 is 17.7 Å². The van der Waals surface area contributed by atoms with Crippen molar-refractivity contribution in [2.75, 3.05) is 19.4 Å². The summed E-state index contributed by atoms with van der Waals surface area (Å²) in [6.45, 7) is 4.52. The first-order valence-electron chi connectivity index (χ1n) is 6.02. The highest BCUT2D eigenvalue weighted by molar-refractivity contribution is 7.99. The summed E-state index contributed by atoms with van der Waals surface area (Å²) in [5.41, 5.74) is -1.08. The normalized spacial score (nSPS) is 14.1. The Morgan fingerprint density at radius 1 is 1.63 bits per heavy atom. The van der Waals surface area contributed by atoms with Crippen LogP contribution in [-0.2, 0) is 16.6 Å². The average molecular weight is 288 g/mol. The Hall–Kier alpha value is -1.28. The number of H-pyrrole nitrogens is 1. The molecule has 0 aliphatic rings. The second-order valence-electron chi connectivity index (χ2n) is 4.41. The zero-order valence-corrected chi connectivity index (χ0v) is 12.5. The van der Waals surface area contributed by atoms with Gasteiger partial charge < -0.3 is 10.1 Å². The predicted octanol–water partition coefficient (Wildman–Crippen LogP) is 0.132. The largest absolute Gasteiger partial charge is 0.468 e. The van der Waals surface area contributed by atoms with Crippen molar-refractivity contribution < 1.29 is 9.53 Å². The monoisotopic (exact) mass is 288 g/mol. The number of hydrogen-bond acceptors (Lipinski definition) is 6. The van der Waals surface area contributed by atoms with Crippen molar-refractivity contribution in [2.45, 2.75) is 31.0 Å². The maximum Gasteiger partial charge on any atom is 0.343 e. The van der Waals surface area contributed by atoms with E-state index in [9.17, 15) is 9.59 Å². The number of thioether (sulfide) groups is 1. The highest BCUT2D eigenvalue weighted by Gasteiger charge is 2.34. The molecule has 1 atom stereocenters. The van der Waals surface area contributed by atoms with Gasteiger partial charge in [-0.15, -0.1) is 5.10 Å². The number of aromatic amines is 1. The number of aromatic nitrogens is 3. The maximum atomic E-state index is 11.9. The van der Waals surface area contributed by atoms with Crippen molar-refractivity contribution in [3.63, 3.8) is 0 Å². The molecule has 0 saturated carbocycles. The van der Waals surface area contributed by atoms with E-state index in [-0.39, 0.29) is 11.7 Å². The summed E-state index contributed by atoms with van der Waals surface area (Å²) in [5.74, 6) is 0.103. The van der Waals surface area contributed by atoms with Gasteiger partial charge in [0, 0.05) is 12.8 Å². The van der Waals surface area contributed by atoms with Crippen LogP contribution in [0.3, 0.4) is 0 Å². The van der Waals surface area contributed by atoms with Gasteiger partial charge in [0.25, 0.3) is 0 Å². The lowest BCUT2D eigenvalue weighted by atomic mass is 10.1. The molecule has 108 valence electrons. The van der Waals surface area contributed by atoms with Crippen LogP contribution in [-0.4, -0.2) is 45.7 Å². The summed E-state index contributed by atoms with van der Waals surface area (Å²) in [7, 11) is 2.99. The molecule has 1 rings (SSSR count). The Kier molecular flexibility index (Phi) is 5.61. The van der Waals surface area contributed by atoms with Crippen molar-refractivity contribution in [1.82, 2.24) is 20.1 Å². The van der Waals surface area contributed by atoms with Crippen LogP contribution in [0.15, 0.2) is 9.95 Å². The Labute approximate surface area is 116 Å². The molecule has 0 amide bonds. The smallest absolute Gasteiger partial charge is 0.343 e. The van der Waals surface area contributed by atoms with Crippen LogP contribution in [0.1, 0.15) is 20.3 Å². The Balaban J connectivity index is 2.75. The molecule has 1 heterocycles. The molecule has 0 saturated heterocycles. The Morgan fingerprint density at radius 2 is 2.32 bits per heavy atom. The zero-order valence-electron chi connectivity index (χ0n) is 11.6. The van der Waals surface area contributed by atoms with Gasteiger partial charge in [0.1, 0.15) is 5.54 Å². The number of methoxy groups -OCH3 is 1. The van der Waals surface area contributed by atoms with Crippen molar-refractivity contribution in [2.24, 2.45) is 7.05 Å². The molecule has 19 heavy (non-hydrogen) atoms. The van der Waals surface area contributed by atoms with Gasteiger partial charge in [-0.2, -0.15) is 0 Å². The van der Waals surface area contributed by atoms with E-state index >= 15 is 0 Å². The highest BCUT2D eigenvalue weighted by Crippen LogP contribution is 2.20. The molecule has 1 unspecified atom stereocenters. The zero-order chi connectivity index (χ0) is 14.5. The number of hydrogen-bond donors (Lipinski definition) is 2. The molecule has 0 bridgehead atoms. The lowest BCUT2D eigenvalue weighted by Crippen LogP contribution is -2.52. The summed E-state index contributed by atoms with van der Waals surface area (Å²) >= 11 is 1.33. The fourth-order valence-corrected chi connectivity index (χ4v) is 2.50. The predicted molar refractivity (Wildman–Crippen MR) is 73.3 cm³/mol. The van der Waals surface area contributed by atoms with Crippen molar-refractivity contribution in [1.29, 1.82) is 0 Å². The minimum Gasteiger partial charge on any atom is -0.468 e. The van der Waals surface area contributed by atoms with E-state index in [4.69, 9.17) is 4.74 Å². The summed E-state index contributed by atoms with van der Waals surface area (Å²) in [6.07, 6.45) is 0.915. The first kappa shape index (κ1) is 15.8. The minimum atomic E-state index is -0.801. The molecule has 0 aliphatic heterocycles. The van der Waals surface area contributed by atoms with Crippen LogP contribution >= 0.6 is 11.8 Å². The molecule has 8 heteroatoms. The number of esters is 1. The van der Waals surface area contributed by atoms with Gasteiger partial charge in [-0.25, -0.2) is 9.89 Å². The fourth-order valence-electron chi connectivity index (χ4n) is 1.48. The quantitative estimate of drug-likeness (QED) is 0.548. The highest BCUT2D eigenvalue weighted by atomic mass is 32.2. The van der Waals surface area contributed by atoms with Crippen LogP contribution in [0, 0.1) is 0 Å². The lowest BCUT2D eigenvalue weighted by molar-refractivity contribution is -0.146. The Bertz CT molecular complexity index is 485. The van der Waals surface area contributed by atoms with Crippen molar-refractivity contribution in [3.8, 4) is 0 Å². The molecule has 0 radical (unpaired) electrons. The summed E-state index contributed by atoms with van der Waals surface area (Å²) < 4.78 is 6.23.